The normalized spacial score (nSPS) is 25.5. The predicted octanol–water partition coefficient (Wildman–Crippen LogP) is 3.48. The quantitative estimate of drug-likeness (QED) is 0.633. The summed E-state index contributed by atoms with van der Waals surface area (Å²) in [6.07, 6.45) is 12.4. The maximum atomic E-state index is 11.8. The highest BCUT2D eigenvalue weighted by atomic mass is 16.1. The molecule has 0 aliphatic heterocycles. The molecule has 0 fully saturated rings. The number of Topliss-reactive ketones (excluding diaryl/α,β-unsaturated/α-hetero) is 1. The van der Waals surface area contributed by atoms with Crippen LogP contribution in [0.25, 0.3) is 0 Å². The molecule has 3 aliphatic carbocycles. The van der Waals surface area contributed by atoms with Crippen molar-refractivity contribution in [1.29, 1.82) is 0 Å². The van der Waals surface area contributed by atoms with E-state index in [4.69, 9.17) is 0 Å². The molecule has 3 rings (SSSR count). The van der Waals surface area contributed by atoms with E-state index in [0.717, 1.165) is 24.8 Å². The van der Waals surface area contributed by atoms with Gasteiger partial charge in [-0.25, -0.2) is 0 Å². The fraction of sp³-hybridized carbons (Fsp3) is 0.500. The van der Waals surface area contributed by atoms with Gasteiger partial charge in [-0.2, -0.15) is 0 Å². The standard InChI is InChI=1S/C14H16O/c15-13-8-4-7-11-9-12(14(11)13)10-5-2-1-3-6-10/h5,7H,1-4,6,8-9H2. The van der Waals surface area contributed by atoms with Gasteiger partial charge in [0.15, 0.2) is 5.78 Å². The first kappa shape index (κ1) is 9.14. The fourth-order valence-corrected chi connectivity index (χ4v) is 2.86. The zero-order chi connectivity index (χ0) is 10.3. The Kier molecular flexibility index (Phi) is 2.12. The second kappa shape index (κ2) is 3.48. The highest BCUT2D eigenvalue weighted by Gasteiger charge is 2.32. The first-order chi connectivity index (χ1) is 7.36. The van der Waals surface area contributed by atoms with Gasteiger partial charge in [-0.15, -0.1) is 0 Å². The third-order valence-electron chi connectivity index (χ3n) is 3.71. The van der Waals surface area contributed by atoms with E-state index >= 15 is 0 Å². The molecule has 0 spiro atoms. The first-order valence-electron chi connectivity index (χ1n) is 6.01. The highest BCUT2D eigenvalue weighted by Crippen LogP contribution is 2.44. The Hall–Kier alpha value is -1.11. The topological polar surface area (TPSA) is 17.1 Å². The number of ketones is 1. The summed E-state index contributed by atoms with van der Waals surface area (Å²) in [6.45, 7) is 0. The smallest absolute Gasteiger partial charge is 0.163 e. The van der Waals surface area contributed by atoms with Gasteiger partial charge < -0.3 is 0 Å². The summed E-state index contributed by atoms with van der Waals surface area (Å²) in [5.74, 6) is 0.389. The molecule has 1 heteroatoms. The number of allylic oxidation sites excluding steroid dienone is 6. The molecule has 0 atom stereocenters. The molecule has 0 aromatic rings. The van der Waals surface area contributed by atoms with Crippen molar-refractivity contribution >= 4 is 5.78 Å². The van der Waals surface area contributed by atoms with Gasteiger partial charge in [-0.05, 0) is 55.2 Å². The van der Waals surface area contributed by atoms with Crippen LogP contribution in [0.2, 0.25) is 0 Å². The predicted molar refractivity (Wildman–Crippen MR) is 60.5 cm³/mol. The van der Waals surface area contributed by atoms with E-state index in [-0.39, 0.29) is 0 Å². The number of hydrogen-bond donors (Lipinski definition) is 0. The molecule has 15 heavy (non-hydrogen) atoms. The Morgan fingerprint density at radius 2 is 1.80 bits per heavy atom. The molecule has 0 aromatic carbocycles. The number of hydrogen-bond acceptors (Lipinski definition) is 1. The summed E-state index contributed by atoms with van der Waals surface area (Å²) < 4.78 is 0. The van der Waals surface area contributed by atoms with Crippen LogP contribution in [0, 0.1) is 0 Å². The van der Waals surface area contributed by atoms with Crippen molar-refractivity contribution in [3.8, 4) is 0 Å². The second-order valence-electron chi connectivity index (χ2n) is 4.70. The van der Waals surface area contributed by atoms with Crippen LogP contribution in [-0.4, -0.2) is 5.78 Å². The average Bonchev–Trinajstić information content (AvgIpc) is 2.22. The summed E-state index contributed by atoms with van der Waals surface area (Å²) >= 11 is 0. The lowest BCUT2D eigenvalue weighted by Crippen LogP contribution is -2.22. The van der Waals surface area contributed by atoms with Crippen molar-refractivity contribution in [2.75, 3.05) is 0 Å². The monoisotopic (exact) mass is 200 g/mol. The molecule has 0 bridgehead atoms. The van der Waals surface area contributed by atoms with Crippen molar-refractivity contribution in [2.24, 2.45) is 0 Å². The maximum absolute atomic E-state index is 11.8. The number of carbonyl (C=O) groups excluding carboxylic acids is 1. The van der Waals surface area contributed by atoms with Crippen molar-refractivity contribution in [1.82, 2.24) is 0 Å². The van der Waals surface area contributed by atoms with Gasteiger partial charge in [-0.3, -0.25) is 4.79 Å². The zero-order valence-corrected chi connectivity index (χ0v) is 9.01. The van der Waals surface area contributed by atoms with Gasteiger partial charge in [0.2, 0.25) is 0 Å². The Bertz CT molecular complexity index is 407. The van der Waals surface area contributed by atoms with Gasteiger partial charge in [0, 0.05) is 12.0 Å². The second-order valence-corrected chi connectivity index (χ2v) is 4.70. The Labute approximate surface area is 90.6 Å². The van der Waals surface area contributed by atoms with Crippen molar-refractivity contribution < 1.29 is 4.79 Å². The van der Waals surface area contributed by atoms with E-state index in [9.17, 15) is 4.79 Å². The molecule has 0 aromatic heterocycles. The van der Waals surface area contributed by atoms with E-state index in [1.165, 1.54) is 42.4 Å². The molecular formula is C14H16O. The SMILES string of the molecule is O=C1CCC=C2CC(C3=CCCCC3)=C12. The van der Waals surface area contributed by atoms with Gasteiger partial charge >= 0.3 is 0 Å². The van der Waals surface area contributed by atoms with Crippen molar-refractivity contribution in [2.45, 2.75) is 44.9 Å². The van der Waals surface area contributed by atoms with Crippen LogP contribution in [0.1, 0.15) is 44.9 Å². The van der Waals surface area contributed by atoms with E-state index in [0.29, 0.717) is 5.78 Å². The number of rotatable bonds is 1. The molecular weight excluding hydrogens is 184 g/mol. The highest BCUT2D eigenvalue weighted by molar-refractivity contribution is 6.04. The lowest BCUT2D eigenvalue weighted by molar-refractivity contribution is -0.115. The molecule has 3 aliphatic rings. The van der Waals surface area contributed by atoms with Crippen LogP contribution in [0.4, 0.5) is 0 Å². The van der Waals surface area contributed by atoms with Crippen molar-refractivity contribution in [3.05, 3.63) is 34.4 Å². The van der Waals surface area contributed by atoms with Crippen LogP contribution in [0.5, 0.6) is 0 Å². The Morgan fingerprint density at radius 3 is 2.53 bits per heavy atom. The summed E-state index contributed by atoms with van der Waals surface area (Å²) in [7, 11) is 0. The molecule has 78 valence electrons. The molecule has 0 N–H and O–H groups in total. The third-order valence-corrected chi connectivity index (χ3v) is 3.71. The summed E-state index contributed by atoms with van der Waals surface area (Å²) in [5, 5.41) is 0. The van der Waals surface area contributed by atoms with E-state index in [2.05, 4.69) is 12.2 Å². The van der Waals surface area contributed by atoms with E-state index in [1.807, 2.05) is 0 Å². The average molecular weight is 200 g/mol. The van der Waals surface area contributed by atoms with Gasteiger partial charge in [0.1, 0.15) is 0 Å². The first-order valence-corrected chi connectivity index (χ1v) is 6.01. The molecule has 0 saturated heterocycles. The molecule has 0 radical (unpaired) electrons. The lowest BCUT2D eigenvalue weighted by atomic mass is 9.71. The Balaban J connectivity index is 1.97. The van der Waals surface area contributed by atoms with Gasteiger partial charge in [0.05, 0.1) is 0 Å². The van der Waals surface area contributed by atoms with E-state index in [1.54, 1.807) is 0 Å². The van der Waals surface area contributed by atoms with Crippen LogP contribution >= 0.6 is 0 Å². The lowest BCUT2D eigenvalue weighted by Gasteiger charge is -2.32. The van der Waals surface area contributed by atoms with Gasteiger partial charge in [-0.1, -0.05) is 12.2 Å². The Morgan fingerprint density at radius 1 is 0.933 bits per heavy atom. The van der Waals surface area contributed by atoms with Crippen LogP contribution in [0.15, 0.2) is 34.4 Å². The summed E-state index contributed by atoms with van der Waals surface area (Å²) in [6, 6.07) is 0. The summed E-state index contributed by atoms with van der Waals surface area (Å²) in [4.78, 5) is 11.8. The van der Waals surface area contributed by atoms with Crippen LogP contribution < -0.4 is 0 Å². The zero-order valence-electron chi connectivity index (χ0n) is 9.01. The minimum absolute atomic E-state index is 0.389. The minimum atomic E-state index is 0.389. The van der Waals surface area contributed by atoms with Gasteiger partial charge in [0.25, 0.3) is 0 Å². The molecule has 0 amide bonds. The molecule has 1 nitrogen and oxygen atoms in total. The van der Waals surface area contributed by atoms with Crippen LogP contribution in [-0.2, 0) is 4.79 Å². The minimum Gasteiger partial charge on any atom is -0.294 e. The number of fused-ring (bicyclic) bond motifs is 1. The fourth-order valence-electron chi connectivity index (χ4n) is 2.86. The van der Waals surface area contributed by atoms with E-state index < -0.39 is 0 Å². The number of carbonyl (C=O) groups is 1. The maximum Gasteiger partial charge on any atom is 0.163 e. The molecule has 0 unspecified atom stereocenters. The van der Waals surface area contributed by atoms with Crippen LogP contribution in [0.3, 0.4) is 0 Å². The molecule has 0 heterocycles. The molecule has 0 saturated carbocycles. The summed E-state index contributed by atoms with van der Waals surface area (Å²) in [5.41, 5.74) is 5.27. The third kappa shape index (κ3) is 1.41. The van der Waals surface area contributed by atoms with Crippen molar-refractivity contribution in [3.63, 3.8) is 0 Å². The largest absolute Gasteiger partial charge is 0.294 e.